The molecule has 0 bridgehead atoms. The van der Waals surface area contributed by atoms with E-state index >= 15 is 0 Å². The Morgan fingerprint density at radius 2 is 1.88 bits per heavy atom. The van der Waals surface area contributed by atoms with Crippen LogP contribution in [0.5, 0.6) is 5.75 Å². The minimum Gasteiger partial charge on any atom is -0.497 e. The van der Waals surface area contributed by atoms with E-state index in [9.17, 15) is 4.79 Å². The Labute approximate surface area is 100 Å². The van der Waals surface area contributed by atoms with E-state index in [2.05, 4.69) is 0 Å². The number of rotatable bonds is 5. The van der Waals surface area contributed by atoms with Crippen molar-refractivity contribution >= 4 is 17.7 Å². The van der Waals surface area contributed by atoms with Crippen LogP contribution in [0.15, 0.2) is 29.2 Å². The minimum atomic E-state index is -0.268. The number of thioether (sulfide) groups is 1. The van der Waals surface area contributed by atoms with E-state index in [1.807, 2.05) is 38.1 Å². The molecule has 3 nitrogen and oxygen atoms in total. The fourth-order valence-electron chi connectivity index (χ4n) is 1.32. The van der Waals surface area contributed by atoms with Gasteiger partial charge in [0.1, 0.15) is 5.75 Å². The van der Waals surface area contributed by atoms with E-state index in [-0.39, 0.29) is 17.1 Å². The van der Waals surface area contributed by atoms with Crippen LogP contribution in [0.1, 0.15) is 13.8 Å². The highest BCUT2D eigenvalue weighted by atomic mass is 32.2. The van der Waals surface area contributed by atoms with Gasteiger partial charge in [0, 0.05) is 4.90 Å². The molecule has 0 aliphatic heterocycles. The van der Waals surface area contributed by atoms with Crippen LogP contribution in [0, 0.1) is 5.92 Å². The van der Waals surface area contributed by atoms with Gasteiger partial charge < -0.3 is 10.5 Å². The lowest BCUT2D eigenvalue weighted by Crippen LogP contribution is -2.30. The monoisotopic (exact) mass is 239 g/mol. The fourth-order valence-corrected chi connectivity index (χ4v) is 2.30. The topological polar surface area (TPSA) is 52.3 Å². The van der Waals surface area contributed by atoms with Crippen molar-refractivity contribution in [1.82, 2.24) is 0 Å². The highest BCUT2D eigenvalue weighted by Gasteiger charge is 2.20. The summed E-state index contributed by atoms with van der Waals surface area (Å²) in [6.07, 6.45) is 0. The first-order valence-electron chi connectivity index (χ1n) is 5.14. The Balaban J connectivity index is 2.74. The molecule has 0 saturated heterocycles. The molecule has 1 amide bonds. The molecule has 0 aliphatic carbocycles. The van der Waals surface area contributed by atoms with Crippen LogP contribution in [0.2, 0.25) is 0 Å². The van der Waals surface area contributed by atoms with Gasteiger partial charge in [-0.1, -0.05) is 13.8 Å². The number of benzene rings is 1. The molecule has 0 fully saturated rings. The molecule has 0 aromatic heterocycles. The highest BCUT2D eigenvalue weighted by molar-refractivity contribution is 8.00. The van der Waals surface area contributed by atoms with Gasteiger partial charge in [-0.05, 0) is 30.2 Å². The summed E-state index contributed by atoms with van der Waals surface area (Å²) in [6.45, 7) is 3.98. The maximum absolute atomic E-state index is 11.2. The highest BCUT2D eigenvalue weighted by Crippen LogP contribution is 2.29. The molecule has 16 heavy (non-hydrogen) atoms. The summed E-state index contributed by atoms with van der Waals surface area (Å²) in [5.74, 6) is 0.768. The number of nitrogens with two attached hydrogens (primary N) is 1. The summed E-state index contributed by atoms with van der Waals surface area (Å²) < 4.78 is 5.07. The van der Waals surface area contributed by atoms with Crippen molar-refractivity contribution in [2.24, 2.45) is 11.7 Å². The number of amides is 1. The zero-order chi connectivity index (χ0) is 12.1. The van der Waals surface area contributed by atoms with Crippen LogP contribution in [0.3, 0.4) is 0 Å². The number of hydrogen-bond donors (Lipinski definition) is 1. The predicted molar refractivity (Wildman–Crippen MR) is 66.7 cm³/mol. The van der Waals surface area contributed by atoms with Crippen molar-refractivity contribution in [3.8, 4) is 5.75 Å². The van der Waals surface area contributed by atoms with Crippen molar-refractivity contribution in [1.29, 1.82) is 0 Å². The average molecular weight is 239 g/mol. The van der Waals surface area contributed by atoms with E-state index in [0.29, 0.717) is 0 Å². The largest absolute Gasteiger partial charge is 0.497 e. The van der Waals surface area contributed by atoms with Gasteiger partial charge in [-0.3, -0.25) is 4.79 Å². The zero-order valence-electron chi connectivity index (χ0n) is 9.77. The number of carbonyl (C=O) groups is 1. The molecule has 0 aliphatic rings. The van der Waals surface area contributed by atoms with Gasteiger partial charge in [-0.15, -0.1) is 11.8 Å². The standard InChI is InChI=1S/C12H17NO2S/c1-8(2)11(12(13)14)16-10-6-4-9(15-3)5-7-10/h4-8,11H,1-3H3,(H2,13,14). The Kier molecular flexibility index (Phi) is 4.68. The number of hydrogen-bond acceptors (Lipinski definition) is 3. The summed E-state index contributed by atoms with van der Waals surface area (Å²) in [5.41, 5.74) is 5.36. The number of primary amides is 1. The SMILES string of the molecule is COc1ccc(SC(C(N)=O)C(C)C)cc1. The van der Waals surface area contributed by atoms with Crippen LogP contribution >= 0.6 is 11.8 Å². The number of ether oxygens (including phenoxy) is 1. The first-order chi connectivity index (χ1) is 7.54. The lowest BCUT2D eigenvalue weighted by atomic mass is 10.1. The smallest absolute Gasteiger partial charge is 0.231 e. The van der Waals surface area contributed by atoms with E-state index in [4.69, 9.17) is 10.5 Å². The third-order valence-electron chi connectivity index (χ3n) is 2.21. The number of carbonyl (C=O) groups excluding carboxylic acids is 1. The maximum Gasteiger partial charge on any atom is 0.231 e. The number of methoxy groups -OCH3 is 1. The summed E-state index contributed by atoms with van der Waals surface area (Å²) in [4.78, 5) is 12.3. The van der Waals surface area contributed by atoms with Crippen molar-refractivity contribution in [2.45, 2.75) is 24.0 Å². The van der Waals surface area contributed by atoms with Gasteiger partial charge >= 0.3 is 0 Å². The van der Waals surface area contributed by atoms with Crippen molar-refractivity contribution in [2.75, 3.05) is 7.11 Å². The third kappa shape index (κ3) is 3.45. The molecule has 2 N–H and O–H groups in total. The lowest BCUT2D eigenvalue weighted by molar-refractivity contribution is -0.118. The van der Waals surface area contributed by atoms with Gasteiger partial charge in [-0.2, -0.15) is 0 Å². The molecule has 1 aromatic rings. The quantitative estimate of drug-likeness (QED) is 0.802. The normalized spacial score (nSPS) is 12.5. The van der Waals surface area contributed by atoms with Crippen LogP contribution in [0.25, 0.3) is 0 Å². The molecule has 0 saturated carbocycles. The van der Waals surface area contributed by atoms with Crippen molar-refractivity contribution in [3.05, 3.63) is 24.3 Å². The van der Waals surface area contributed by atoms with Crippen LogP contribution in [0.4, 0.5) is 0 Å². The van der Waals surface area contributed by atoms with E-state index in [1.54, 1.807) is 7.11 Å². The molecule has 1 rings (SSSR count). The minimum absolute atomic E-state index is 0.187. The molecule has 4 heteroatoms. The van der Waals surface area contributed by atoms with Crippen LogP contribution < -0.4 is 10.5 Å². The summed E-state index contributed by atoms with van der Waals surface area (Å²) in [5, 5.41) is -0.187. The van der Waals surface area contributed by atoms with Crippen LogP contribution in [-0.2, 0) is 4.79 Å². The zero-order valence-corrected chi connectivity index (χ0v) is 10.6. The Hall–Kier alpha value is -1.16. The summed E-state index contributed by atoms with van der Waals surface area (Å²) >= 11 is 1.49. The fraction of sp³-hybridized carbons (Fsp3) is 0.417. The summed E-state index contributed by atoms with van der Waals surface area (Å²) in [6, 6.07) is 7.62. The van der Waals surface area contributed by atoms with E-state index < -0.39 is 0 Å². The van der Waals surface area contributed by atoms with Crippen molar-refractivity contribution < 1.29 is 9.53 Å². The Morgan fingerprint density at radius 3 is 2.25 bits per heavy atom. The molecular weight excluding hydrogens is 222 g/mol. The van der Waals surface area contributed by atoms with Gasteiger partial charge in [0.25, 0.3) is 0 Å². The van der Waals surface area contributed by atoms with Gasteiger partial charge in [0.15, 0.2) is 0 Å². The van der Waals surface area contributed by atoms with E-state index in [0.717, 1.165) is 10.6 Å². The molecule has 0 radical (unpaired) electrons. The van der Waals surface area contributed by atoms with E-state index in [1.165, 1.54) is 11.8 Å². The Bertz CT molecular complexity index is 349. The molecule has 1 atom stereocenters. The second-order valence-electron chi connectivity index (χ2n) is 3.86. The lowest BCUT2D eigenvalue weighted by Gasteiger charge is -2.16. The van der Waals surface area contributed by atoms with Gasteiger partial charge in [-0.25, -0.2) is 0 Å². The molecule has 88 valence electrons. The first kappa shape index (κ1) is 12.9. The molecule has 0 spiro atoms. The second-order valence-corrected chi connectivity index (χ2v) is 5.08. The first-order valence-corrected chi connectivity index (χ1v) is 6.02. The molecule has 1 aromatic carbocycles. The second kappa shape index (κ2) is 5.80. The molecule has 1 unspecified atom stereocenters. The Morgan fingerprint density at radius 1 is 1.31 bits per heavy atom. The summed E-state index contributed by atoms with van der Waals surface area (Å²) in [7, 11) is 1.63. The van der Waals surface area contributed by atoms with Crippen molar-refractivity contribution in [3.63, 3.8) is 0 Å². The third-order valence-corrected chi connectivity index (χ3v) is 3.78. The predicted octanol–water partition coefficient (Wildman–Crippen LogP) is 2.30. The average Bonchev–Trinajstić information content (AvgIpc) is 2.25. The van der Waals surface area contributed by atoms with Gasteiger partial charge in [0.2, 0.25) is 5.91 Å². The molecular formula is C12H17NO2S. The van der Waals surface area contributed by atoms with Crippen LogP contribution in [-0.4, -0.2) is 18.3 Å². The molecule has 0 heterocycles. The maximum atomic E-state index is 11.2. The van der Waals surface area contributed by atoms with Gasteiger partial charge in [0.05, 0.1) is 12.4 Å².